The van der Waals surface area contributed by atoms with Crippen molar-refractivity contribution in [3.63, 3.8) is 0 Å². The van der Waals surface area contributed by atoms with Crippen LogP contribution in [0.3, 0.4) is 0 Å². The van der Waals surface area contributed by atoms with Crippen LogP contribution in [0.15, 0.2) is 0 Å². The monoisotopic (exact) mass is 299 g/mol. The van der Waals surface area contributed by atoms with Crippen LogP contribution in [-0.2, 0) is 23.8 Å². The molecule has 0 aliphatic carbocycles. The van der Waals surface area contributed by atoms with Gasteiger partial charge in [-0.25, -0.2) is 0 Å². The average Bonchev–Trinajstić information content (AvgIpc) is 2.92. The van der Waals surface area contributed by atoms with Crippen LogP contribution in [0.1, 0.15) is 33.1 Å². The average molecular weight is 299 g/mol. The summed E-state index contributed by atoms with van der Waals surface area (Å²) in [6.45, 7) is 4.58. The molecule has 2 saturated heterocycles. The SMILES string of the molecule is COC[C@H]1CC[C@H](COC)N1C(=O)[C@]1(C)OC(=O)C[C@H]1C. The van der Waals surface area contributed by atoms with Crippen molar-refractivity contribution in [1.82, 2.24) is 4.90 Å². The molecule has 0 bridgehead atoms. The smallest absolute Gasteiger partial charge is 0.307 e. The molecule has 2 heterocycles. The maximum Gasteiger partial charge on any atom is 0.307 e. The lowest BCUT2D eigenvalue weighted by Gasteiger charge is -2.37. The Balaban J connectivity index is 2.22. The van der Waals surface area contributed by atoms with Gasteiger partial charge < -0.3 is 19.1 Å². The first-order chi connectivity index (χ1) is 9.93. The fourth-order valence-electron chi connectivity index (χ4n) is 3.34. The molecule has 0 spiro atoms. The lowest BCUT2D eigenvalue weighted by atomic mass is 9.89. The Kier molecular flexibility index (Phi) is 4.88. The molecule has 0 radical (unpaired) electrons. The maximum atomic E-state index is 13.0. The van der Waals surface area contributed by atoms with Gasteiger partial charge in [-0.1, -0.05) is 6.92 Å². The summed E-state index contributed by atoms with van der Waals surface area (Å²) in [6, 6.07) is 0.0388. The third kappa shape index (κ3) is 2.92. The van der Waals surface area contributed by atoms with Gasteiger partial charge >= 0.3 is 5.97 Å². The molecule has 4 atom stereocenters. The van der Waals surface area contributed by atoms with E-state index >= 15 is 0 Å². The molecule has 1 amide bonds. The van der Waals surface area contributed by atoms with E-state index in [-0.39, 0.29) is 29.9 Å². The molecule has 0 saturated carbocycles. The van der Waals surface area contributed by atoms with Crippen LogP contribution in [0.2, 0.25) is 0 Å². The number of hydrogen-bond donors (Lipinski definition) is 0. The standard InChI is InChI=1S/C15H25NO5/c1-10-7-13(17)21-15(10,2)14(18)16-11(8-19-3)5-6-12(16)9-20-4/h10-12H,5-9H2,1-4H3/t10-,11-,12-,15-/m1/s1. The summed E-state index contributed by atoms with van der Waals surface area (Å²) in [4.78, 5) is 26.4. The lowest BCUT2D eigenvalue weighted by Crippen LogP contribution is -2.55. The third-order valence-corrected chi connectivity index (χ3v) is 4.74. The van der Waals surface area contributed by atoms with Gasteiger partial charge in [0.1, 0.15) is 0 Å². The van der Waals surface area contributed by atoms with E-state index in [2.05, 4.69) is 0 Å². The highest BCUT2D eigenvalue weighted by atomic mass is 16.6. The highest BCUT2D eigenvalue weighted by Gasteiger charge is 2.53. The molecule has 0 aromatic carbocycles. The van der Waals surface area contributed by atoms with Gasteiger partial charge in [0, 0.05) is 20.1 Å². The van der Waals surface area contributed by atoms with E-state index in [9.17, 15) is 9.59 Å². The molecule has 120 valence electrons. The number of hydrogen-bond acceptors (Lipinski definition) is 5. The van der Waals surface area contributed by atoms with Crippen molar-refractivity contribution in [2.45, 2.75) is 50.8 Å². The Morgan fingerprint density at radius 1 is 1.29 bits per heavy atom. The highest BCUT2D eigenvalue weighted by molar-refractivity contribution is 5.91. The molecule has 2 aliphatic heterocycles. The second-order valence-electron chi connectivity index (χ2n) is 6.19. The van der Waals surface area contributed by atoms with Gasteiger partial charge in [-0.15, -0.1) is 0 Å². The molecular weight excluding hydrogens is 274 g/mol. The van der Waals surface area contributed by atoms with Crippen LogP contribution in [0.4, 0.5) is 0 Å². The molecule has 2 aliphatic rings. The second kappa shape index (κ2) is 6.32. The summed E-state index contributed by atoms with van der Waals surface area (Å²) < 4.78 is 15.8. The Labute approximate surface area is 125 Å². The van der Waals surface area contributed by atoms with Crippen molar-refractivity contribution in [1.29, 1.82) is 0 Å². The van der Waals surface area contributed by atoms with Crippen molar-refractivity contribution in [3.05, 3.63) is 0 Å². The van der Waals surface area contributed by atoms with E-state index in [4.69, 9.17) is 14.2 Å². The summed E-state index contributed by atoms with van der Waals surface area (Å²) >= 11 is 0. The van der Waals surface area contributed by atoms with Crippen LogP contribution >= 0.6 is 0 Å². The maximum absolute atomic E-state index is 13.0. The molecular formula is C15H25NO5. The van der Waals surface area contributed by atoms with Crippen LogP contribution in [0.25, 0.3) is 0 Å². The van der Waals surface area contributed by atoms with Crippen molar-refractivity contribution >= 4 is 11.9 Å². The zero-order valence-corrected chi connectivity index (χ0v) is 13.3. The summed E-state index contributed by atoms with van der Waals surface area (Å²) in [5, 5.41) is 0. The first-order valence-corrected chi connectivity index (χ1v) is 7.46. The number of cyclic esters (lactones) is 1. The number of esters is 1. The van der Waals surface area contributed by atoms with Gasteiger partial charge in [0.15, 0.2) is 5.60 Å². The minimum absolute atomic E-state index is 0.0194. The predicted molar refractivity (Wildman–Crippen MR) is 75.7 cm³/mol. The van der Waals surface area contributed by atoms with E-state index in [1.807, 2.05) is 11.8 Å². The number of carbonyl (C=O) groups is 2. The van der Waals surface area contributed by atoms with Crippen LogP contribution in [0, 0.1) is 5.92 Å². The first kappa shape index (κ1) is 16.2. The lowest BCUT2D eigenvalue weighted by molar-refractivity contribution is -0.168. The van der Waals surface area contributed by atoms with Crippen molar-refractivity contribution in [2.75, 3.05) is 27.4 Å². The van der Waals surface area contributed by atoms with E-state index in [0.717, 1.165) is 12.8 Å². The fraction of sp³-hybridized carbons (Fsp3) is 0.867. The molecule has 6 nitrogen and oxygen atoms in total. The van der Waals surface area contributed by atoms with Gasteiger partial charge in [-0.3, -0.25) is 9.59 Å². The number of carbonyl (C=O) groups excluding carboxylic acids is 2. The molecule has 0 unspecified atom stereocenters. The first-order valence-electron chi connectivity index (χ1n) is 7.46. The molecule has 6 heteroatoms. The van der Waals surface area contributed by atoms with Gasteiger partial charge in [-0.05, 0) is 19.8 Å². The Hall–Kier alpha value is -1.14. The molecule has 21 heavy (non-hydrogen) atoms. The highest BCUT2D eigenvalue weighted by Crippen LogP contribution is 2.37. The number of nitrogens with zero attached hydrogens (tertiary/aromatic N) is 1. The van der Waals surface area contributed by atoms with E-state index < -0.39 is 5.60 Å². The zero-order chi connectivity index (χ0) is 15.6. The Morgan fingerprint density at radius 3 is 2.19 bits per heavy atom. The van der Waals surface area contributed by atoms with Crippen molar-refractivity contribution in [3.8, 4) is 0 Å². The van der Waals surface area contributed by atoms with Gasteiger partial charge in [0.2, 0.25) is 0 Å². The van der Waals surface area contributed by atoms with Gasteiger partial charge in [0.05, 0.1) is 31.7 Å². The Morgan fingerprint density at radius 2 is 1.81 bits per heavy atom. The Bertz CT molecular complexity index is 399. The molecule has 2 rings (SSSR count). The topological polar surface area (TPSA) is 65.1 Å². The predicted octanol–water partition coefficient (Wildman–Crippen LogP) is 0.980. The quantitative estimate of drug-likeness (QED) is 0.708. The zero-order valence-electron chi connectivity index (χ0n) is 13.3. The minimum atomic E-state index is -1.07. The fourth-order valence-corrected chi connectivity index (χ4v) is 3.34. The largest absolute Gasteiger partial charge is 0.449 e. The summed E-state index contributed by atoms with van der Waals surface area (Å²) in [6.07, 6.45) is 2.05. The van der Waals surface area contributed by atoms with E-state index in [0.29, 0.717) is 19.6 Å². The van der Waals surface area contributed by atoms with E-state index in [1.54, 1.807) is 21.1 Å². The number of likely N-dealkylation sites (tertiary alicyclic amines) is 1. The molecule has 0 aromatic rings. The number of amides is 1. The summed E-state index contributed by atoms with van der Waals surface area (Å²) in [7, 11) is 3.26. The van der Waals surface area contributed by atoms with Gasteiger partial charge in [0.25, 0.3) is 5.91 Å². The minimum Gasteiger partial charge on any atom is -0.449 e. The third-order valence-electron chi connectivity index (χ3n) is 4.74. The van der Waals surface area contributed by atoms with E-state index in [1.165, 1.54) is 0 Å². The molecule has 0 aromatic heterocycles. The summed E-state index contributed by atoms with van der Waals surface area (Å²) in [5.74, 6) is -0.545. The number of ether oxygens (including phenoxy) is 3. The second-order valence-corrected chi connectivity index (χ2v) is 6.19. The van der Waals surface area contributed by atoms with Crippen LogP contribution in [-0.4, -0.2) is 61.9 Å². The normalized spacial score (nSPS) is 36.1. The van der Waals surface area contributed by atoms with Crippen molar-refractivity contribution in [2.24, 2.45) is 5.92 Å². The van der Waals surface area contributed by atoms with Crippen LogP contribution in [0.5, 0.6) is 0 Å². The number of methoxy groups -OCH3 is 2. The summed E-state index contributed by atoms with van der Waals surface area (Å²) in [5.41, 5.74) is -1.07. The van der Waals surface area contributed by atoms with Crippen LogP contribution < -0.4 is 0 Å². The molecule has 2 fully saturated rings. The van der Waals surface area contributed by atoms with Gasteiger partial charge in [-0.2, -0.15) is 0 Å². The van der Waals surface area contributed by atoms with Crippen molar-refractivity contribution < 1.29 is 23.8 Å². The molecule has 0 N–H and O–H groups in total. The number of rotatable bonds is 5.